The molecule has 1 N–H and O–H groups in total. The number of carbonyl (C=O) groups excluding carboxylic acids is 2. The molecule has 0 aliphatic carbocycles. The van der Waals surface area contributed by atoms with Gasteiger partial charge in [-0.15, -0.1) is 11.3 Å². The van der Waals surface area contributed by atoms with Crippen molar-refractivity contribution in [2.75, 3.05) is 13.7 Å². The Balaban J connectivity index is 1.75. The molecule has 5 nitrogen and oxygen atoms in total. The van der Waals surface area contributed by atoms with Gasteiger partial charge in [0.25, 0.3) is 5.91 Å². The van der Waals surface area contributed by atoms with Gasteiger partial charge in [-0.05, 0) is 42.1 Å². The average Bonchev–Trinajstić information content (AvgIpc) is 3.13. The van der Waals surface area contributed by atoms with Gasteiger partial charge in [0, 0.05) is 11.0 Å². The summed E-state index contributed by atoms with van der Waals surface area (Å²) < 4.78 is 9.99. The monoisotopic (exact) mass is 345 g/mol. The summed E-state index contributed by atoms with van der Waals surface area (Å²) in [5.74, 6) is -0.155. The fourth-order valence-corrected chi connectivity index (χ4v) is 2.69. The highest BCUT2D eigenvalue weighted by Gasteiger charge is 2.11. The van der Waals surface area contributed by atoms with Gasteiger partial charge in [-0.2, -0.15) is 0 Å². The molecular weight excluding hydrogens is 326 g/mol. The van der Waals surface area contributed by atoms with Crippen LogP contribution in [0.5, 0.6) is 5.75 Å². The van der Waals surface area contributed by atoms with E-state index in [9.17, 15) is 9.59 Å². The van der Waals surface area contributed by atoms with E-state index in [1.165, 1.54) is 6.08 Å². The standard InChI is InChI=1S/C18H19NO4S/c1-13(16-4-3-11-24-16)19-17(20)12-23-18(21)10-7-14-5-8-15(22-2)9-6-14/h3-11,13H,12H2,1-2H3,(H,19,20)/b10-7+/t13-/m0/s1. The number of methoxy groups -OCH3 is 1. The lowest BCUT2D eigenvalue weighted by atomic mass is 10.2. The second-order valence-electron chi connectivity index (χ2n) is 5.02. The van der Waals surface area contributed by atoms with Crippen LogP contribution in [-0.4, -0.2) is 25.6 Å². The van der Waals surface area contributed by atoms with E-state index in [0.717, 1.165) is 16.2 Å². The maximum Gasteiger partial charge on any atom is 0.331 e. The van der Waals surface area contributed by atoms with Crippen molar-refractivity contribution in [2.24, 2.45) is 0 Å². The van der Waals surface area contributed by atoms with Crippen LogP contribution in [0, 0.1) is 0 Å². The molecule has 0 fully saturated rings. The van der Waals surface area contributed by atoms with Crippen molar-refractivity contribution in [1.29, 1.82) is 0 Å². The number of amides is 1. The molecule has 6 heteroatoms. The van der Waals surface area contributed by atoms with Gasteiger partial charge < -0.3 is 14.8 Å². The second kappa shape index (κ2) is 8.88. The first-order valence-corrected chi connectivity index (χ1v) is 8.28. The summed E-state index contributed by atoms with van der Waals surface area (Å²) in [6.07, 6.45) is 2.91. The average molecular weight is 345 g/mol. The molecule has 2 aromatic rings. The Morgan fingerprint density at radius 3 is 2.62 bits per heavy atom. The largest absolute Gasteiger partial charge is 0.497 e. The third kappa shape index (κ3) is 5.55. The number of rotatable bonds is 7. The number of ether oxygens (including phenoxy) is 2. The van der Waals surface area contributed by atoms with Gasteiger partial charge in [0.15, 0.2) is 6.61 Å². The zero-order valence-corrected chi connectivity index (χ0v) is 14.3. The van der Waals surface area contributed by atoms with Gasteiger partial charge in [-0.25, -0.2) is 4.79 Å². The predicted molar refractivity (Wildman–Crippen MR) is 93.9 cm³/mol. The molecule has 0 saturated carbocycles. The first kappa shape index (κ1) is 17.7. The van der Waals surface area contributed by atoms with E-state index < -0.39 is 5.97 Å². The maximum absolute atomic E-state index is 11.8. The van der Waals surface area contributed by atoms with Gasteiger partial charge in [-0.3, -0.25) is 4.79 Å². The molecule has 0 saturated heterocycles. The maximum atomic E-state index is 11.8. The first-order valence-electron chi connectivity index (χ1n) is 7.40. The summed E-state index contributed by atoms with van der Waals surface area (Å²) in [4.78, 5) is 24.5. The van der Waals surface area contributed by atoms with Crippen LogP contribution < -0.4 is 10.1 Å². The molecule has 1 atom stereocenters. The van der Waals surface area contributed by atoms with Gasteiger partial charge in [0.05, 0.1) is 13.2 Å². The van der Waals surface area contributed by atoms with Gasteiger partial charge in [-0.1, -0.05) is 18.2 Å². The summed E-state index contributed by atoms with van der Waals surface area (Å²) in [6, 6.07) is 11.0. The molecule has 1 amide bonds. The molecule has 0 aliphatic heterocycles. The van der Waals surface area contributed by atoms with Gasteiger partial charge in [0.2, 0.25) is 0 Å². The zero-order valence-electron chi connectivity index (χ0n) is 13.5. The van der Waals surface area contributed by atoms with E-state index in [1.54, 1.807) is 36.7 Å². The Bertz CT molecular complexity index is 692. The van der Waals surface area contributed by atoms with Crippen LogP contribution in [0.1, 0.15) is 23.4 Å². The lowest BCUT2D eigenvalue weighted by Crippen LogP contribution is -2.30. The van der Waals surface area contributed by atoms with Crippen LogP contribution in [-0.2, 0) is 14.3 Å². The van der Waals surface area contributed by atoms with Crippen molar-refractivity contribution in [1.82, 2.24) is 5.32 Å². The molecule has 126 valence electrons. The fraction of sp³-hybridized carbons (Fsp3) is 0.222. The smallest absolute Gasteiger partial charge is 0.331 e. The number of hydrogen-bond donors (Lipinski definition) is 1. The lowest BCUT2D eigenvalue weighted by molar-refractivity contribution is -0.144. The van der Waals surface area contributed by atoms with Crippen molar-refractivity contribution in [2.45, 2.75) is 13.0 Å². The highest BCUT2D eigenvalue weighted by atomic mass is 32.1. The van der Waals surface area contributed by atoms with Crippen LogP contribution in [0.15, 0.2) is 47.9 Å². The first-order chi connectivity index (χ1) is 11.6. The van der Waals surface area contributed by atoms with Crippen LogP contribution in [0.2, 0.25) is 0 Å². The fourth-order valence-electron chi connectivity index (χ4n) is 1.96. The van der Waals surface area contributed by atoms with Crippen molar-refractivity contribution in [3.8, 4) is 5.75 Å². The number of thiophene rings is 1. The Kier molecular flexibility index (Phi) is 6.57. The normalized spacial score (nSPS) is 11.9. The number of hydrogen-bond acceptors (Lipinski definition) is 5. The van der Waals surface area contributed by atoms with E-state index in [0.29, 0.717) is 0 Å². The van der Waals surface area contributed by atoms with Crippen molar-refractivity contribution in [3.63, 3.8) is 0 Å². The Morgan fingerprint density at radius 2 is 2.00 bits per heavy atom. The Morgan fingerprint density at radius 1 is 1.25 bits per heavy atom. The van der Waals surface area contributed by atoms with Gasteiger partial charge >= 0.3 is 5.97 Å². The third-order valence-corrected chi connectivity index (χ3v) is 4.28. The SMILES string of the molecule is COc1ccc(/C=C/C(=O)OCC(=O)N[C@@H](C)c2cccs2)cc1. The van der Waals surface area contributed by atoms with E-state index in [4.69, 9.17) is 9.47 Å². The zero-order chi connectivity index (χ0) is 17.4. The van der Waals surface area contributed by atoms with E-state index in [-0.39, 0.29) is 18.6 Å². The summed E-state index contributed by atoms with van der Waals surface area (Å²) >= 11 is 1.56. The second-order valence-corrected chi connectivity index (χ2v) is 6.00. The number of benzene rings is 1. The summed E-state index contributed by atoms with van der Waals surface area (Å²) in [5, 5.41) is 4.73. The Labute approximate surface area is 144 Å². The minimum absolute atomic E-state index is 0.106. The highest BCUT2D eigenvalue weighted by molar-refractivity contribution is 7.10. The lowest BCUT2D eigenvalue weighted by Gasteiger charge is -2.11. The highest BCUT2D eigenvalue weighted by Crippen LogP contribution is 2.17. The molecule has 1 aromatic carbocycles. The van der Waals surface area contributed by atoms with Gasteiger partial charge in [0.1, 0.15) is 5.75 Å². The predicted octanol–water partition coefficient (Wildman–Crippen LogP) is 3.19. The molecule has 1 heterocycles. The molecule has 1 aromatic heterocycles. The number of carbonyl (C=O) groups is 2. The molecule has 24 heavy (non-hydrogen) atoms. The Hall–Kier alpha value is -2.60. The number of esters is 1. The topological polar surface area (TPSA) is 64.6 Å². The minimum atomic E-state index is -0.565. The molecule has 0 unspecified atom stereocenters. The molecule has 0 bridgehead atoms. The third-order valence-electron chi connectivity index (χ3n) is 3.22. The summed E-state index contributed by atoms with van der Waals surface area (Å²) in [6.45, 7) is 1.58. The molecular formula is C18H19NO4S. The van der Waals surface area contributed by atoms with Crippen molar-refractivity contribution >= 4 is 29.3 Å². The summed E-state index contributed by atoms with van der Waals surface area (Å²) in [7, 11) is 1.59. The number of nitrogens with one attached hydrogen (secondary N) is 1. The quantitative estimate of drug-likeness (QED) is 0.618. The molecule has 2 rings (SSSR count). The van der Waals surface area contributed by atoms with Crippen LogP contribution in [0.3, 0.4) is 0 Å². The van der Waals surface area contributed by atoms with Crippen LogP contribution in [0.25, 0.3) is 6.08 Å². The van der Waals surface area contributed by atoms with Crippen molar-refractivity contribution < 1.29 is 19.1 Å². The van der Waals surface area contributed by atoms with Crippen LogP contribution in [0.4, 0.5) is 0 Å². The minimum Gasteiger partial charge on any atom is -0.497 e. The molecule has 0 aliphatic rings. The van der Waals surface area contributed by atoms with E-state index in [1.807, 2.05) is 36.6 Å². The summed E-state index contributed by atoms with van der Waals surface area (Å²) in [5.41, 5.74) is 0.837. The van der Waals surface area contributed by atoms with E-state index in [2.05, 4.69) is 5.32 Å². The van der Waals surface area contributed by atoms with E-state index >= 15 is 0 Å². The van der Waals surface area contributed by atoms with Crippen molar-refractivity contribution in [3.05, 3.63) is 58.3 Å². The molecule has 0 spiro atoms. The van der Waals surface area contributed by atoms with Crippen LogP contribution >= 0.6 is 11.3 Å². The molecule has 0 radical (unpaired) electrons.